The number of benzene rings is 2. The standard InChI is InChI=1S/C24H21ClFN5O5S/c25-18-10-16(2-1-14(18)12-27)37(35,36)30-7-5-29(6-8-30)21-9-15-13-31(24(34)17(15)11-19(21)26)20-3-4-22(32)28-23(20)33/h1-2,9-11,20H,3-8,13H2,(H,28,32,33). The third kappa shape index (κ3) is 4.43. The smallest absolute Gasteiger partial charge is 0.255 e. The number of piperidine rings is 1. The number of hydrogen-bond donors (Lipinski definition) is 1. The van der Waals surface area contributed by atoms with E-state index in [-0.39, 0.29) is 78.2 Å². The summed E-state index contributed by atoms with van der Waals surface area (Å²) in [6.45, 7) is 0.727. The van der Waals surface area contributed by atoms with Crippen LogP contribution >= 0.6 is 11.6 Å². The molecule has 0 spiro atoms. The Morgan fingerprint density at radius 3 is 2.46 bits per heavy atom. The Hall–Kier alpha value is -3.53. The molecule has 3 aliphatic heterocycles. The fourth-order valence-corrected chi connectivity index (χ4v) is 6.62. The third-order valence-electron chi connectivity index (χ3n) is 6.87. The highest BCUT2D eigenvalue weighted by atomic mass is 35.5. The van der Waals surface area contributed by atoms with Gasteiger partial charge in [0, 0.05) is 44.7 Å². The summed E-state index contributed by atoms with van der Waals surface area (Å²) in [6, 6.07) is 7.74. The highest BCUT2D eigenvalue weighted by molar-refractivity contribution is 7.89. The Bertz CT molecular complexity index is 1480. The SMILES string of the molecule is N#Cc1ccc(S(=O)(=O)N2CCN(c3cc4c(cc3F)C(=O)N(C3CCC(=O)NC3=O)C4)CC2)cc1Cl. The molecular weight excluding hydrogens is 525 g/mol. The molecule has 192 valence electrons. The summed E-state index contributed by atoms with van der Waals surface area (Å²) in [4.78, 5) is 39.6. The van der Waals surface area contributed by atoms with E-state index in [1.54, 1.807) is 11.0 Å². The van der Waals surface area contributed by atoms with Gasteiger partial charge in [-0.15, -0.1) is 0 Å². The van der Waals surface area contributed by atoms with Crippen LogP contribution in [-0.2, 0) is 26.2 Å². The van der Waals surface area contributed by atoms with Crippen molar-refractivity contribution in [3.8, 4) is 6.07 Å². The van der Waals surface area contributed by atoms with E-state index in [2.05, 4.69) is 5.32 Å². The van der Waals surface area contributed by atoms with Crippen LogP contribution in [0, 0.1) is 17.1 Å². The molecule has 1 N–H and O–H groups in total. The van der Waals surface area contributed by atoms with Gasteiger partial charge in [-0.3, -0.25) is 19.7 Å². The number of nitrogens with zero attached hydrogens (tertiary/aromatic N) is 4. The molecular formula is C24H21ClFN5O5S. The lowest BCUT2D eigenvalue weighted by atomic mass is 10.0. The highest BCUT2D eigenvalue weighted by Gasteiger charge is 2.40. The van der Waals surface area contributed by atoms with Crippen LogP contribution in [0.1, 0.15) is 34.3 Å². The average Bonchev–Trinajstić information content (AvgIpc) is 3.18. The monoisotopic (exact) mass is 545 g/mol. The van der Waals surface area contributed by atoms with Crippen molar-refractivity contribution < 1.29 is 27.2 Å². The van der Waals surface area contributed by atoms with Gasteiger partial charge in [0.15, 0.2) is 0 Å². The Balaban J connectivity index is 1.31. The first-order valence-electron chi connectivity index (χ1n) is 11.5. The van der Waals surface area contributed by atoms with Crippen LogP contribution in [0.25, 0.3) is 0 Å². The Morgan fingerprint density at radius 2 is 1.81 bits per heavy atom. The average molecular weight is 546 g/mol. The van der Waals surface area contributed by atoms with Crippen molar-refractivity contribution in [2.75, 3.05) is 31.1 Å². The van der Waals surface area contributed by atoms with Crippen molar-refractivity contribution in [2.24, 2.45) is 0 Å². The van der Waals surface area contributed by atoms with E-state index in [4.69, 9.17) is 16.9 Å². The molecule has 2 fully saturated rings. The fraction of sp³-hybridized carbons (Fsp3) is 0.333. The number of fused-ring (bicyclic) bond motifs is 1. The normalized spacial score (nSPS) is 20.6. The second-order valence-corrected chi connectivity index (χ2v) is 11.4. The van der Waals surface area contributed by atoms with Gasteiger partial charge in [0.25, 0.3) is 5.91 Å². The van der Waals surface area contributed by atoms with E-state index < -0.39 is 33.7 Å². The lowest BCUT2D eigenvalue weighted by Crippen LogP contribution is -2.52. The van der Waals surface area contributed by atoms with Crippen LogP contribution < -0.4 is 10.2 Å². The lowest BCUT2D eigenvalue weighted by Gasteiger charge is -2.35. The molecule has 0 aromatic heterocycles. The van der Waals surface area contributed by atoms with Gasteiger partial charge in [0.2, 0.25) is 21.8 Å². The Kier molecular flexibility index (Phi) is 6.39. The molecule has 0 bridgehead atoms. The molecule has 13 heteroatoms. The van der Waals surface area contributed by atoms with E-state index >= 15 is 4.39 Å². The molecule has 3 amide bonds. The zero-order chi connectivity index (χ0) is 26.5. The maximum atomic E-state index is 15.1. The van der Waals surface area contributed by atoms with Crippen molar-refractivity contribution in [3.63, 3.8) is 0 Å². The number of imide groups is 1. The van der Waals surface area contributed by atoms with Crippen molar-refractivity contribution in [1.29, 1.82) is 5.26 Å². The van der Waals surface area contributed by atoms with Crippen molar-refractivity contribution in [3.05, 3.63) is 57.9 Å². The summed E-state index contributed by atoms with van der Waals surface area (Å²) >= 11 is 6.01. The Morgan fingerprint density at radius 1 is 1.08 bits per heavy atom. The minimum Gasteiger partial charge on any atom is -0.367 e. The Labute approximate surface area is 217 Å². The van der Waals surface area contributed by atoms with Crippen LogP contribution in [-0.4, -0.2) is 67.6 Å². The number of carbonyl (C=O) groups excluding carboxylic acids is 3. The molecule has 37 heavy (non-hydrogen) atoms. The topological polar surface area (TPSA) is 131 Å². The molecule has 3 heterocycles. The fourth-order valence-electron chi connectivity index (χ4n) is 4.88. The van der Waals surface area contributed by atoms with Crippen LogP contribution in [0.4, 0.5) is 10.1 Å². The van der Waals surface area contributed by atoms with Crippen LogP contribution in [0.15, 0.2) is 35.2 Å². The largest absolute Gasteiger partial charge is 0.367 e. The van der Waals surface area contributed by atoms with Gasteiger partial charge >= 0.3 is 0 Å². The van der Waals surface area contributed by atoms with Gasteiger partial charge in [-0.2, -0.15) is 9.57 Å². The first kappa shape index (κ1) is 25.1. The minimum absolute atomic E-state index is 0.0271. The predicted molar refractivity (Wildman–Crippen MR) is 130 cm³/mol. The van der Waals surface area contributed by atoms with Crippen LogP contribution in [0.5, 0.6) is 0 Å². The summed E-state index contributed by atoms with van der Waals surface area (Å²) in [7, 11) is -3.87. The van der Waals surface area contributed by atoms with Crippen LogP contribution in [0.2, 0.25) is 5.02 Å². The molecule has 3 aliphatic rings. The van der Waals surface area contributed by atoms with Gasteiger partial charge in [-0.1, -0.05) is 11.6 Å². The number of carbonyl (C=O) groups is 3. The molecule has 0 saturated carbocycles. The molecule has 1 atom stereocenters. The van der Waals surface area contributed by atoms with Gasteiger partial charge in [0.1, 0.15) is 17.9 Å². The molecule has 0 radical (unpaired) electrons. The summed E-state index contributed by atoms with van der Waals surface area (Å²) in [6.07, 6.45) is 0.332. The predicted octanol–water partition coefficient (Wildman–Crippen LogP) is 1.62. The van der Waals surface area contributed by atoms with Gasteiger partial charge in [-0.05, 0) is 42.3 Å². The number of hydrogen-bond acceptors (Lipinski definition) is 7. The zero-order valence-corrected chi connectivity index (χ0v) is 21.0. The molecule has 2 aromatic rings. The molecule has 5 rings (SSSR count). The summed E-state index contributed by atoms with van der Waals surface area (Å²) in [5.41, 5.74) is 1.15. The van der Waals surface area contributed by atoms with E-state index in [1.807, 2.05) is 6.07 Å². The number of halogens is 2. The number of anilines is 1. The maximum Gasteiger partial charge on any atom is 0.255 e. The van der Waals surface area contributed by atoms with Crippen molar-refractivity contribution in [2.45, 2.75) is 30.3 Å². The van der Waals surface area contributed by atoms with E-state index in [0.717, 1.165) is 6.07 Å². The first-order chi connectivity index (χ1) is 17.6. The van der Waals surface area contributed by atoms with E-state index in [9.17, 15) is 22.8 Å². The number of nitrogens with one attached hydrogen (secondary N) is 1. The third-order valence-corrected chi connectivity index (χ3v) is 9.08. The maximum absolute atomic E-state index is 15.1. The zero-order valence-electron chi connectivity index (χ0n) is 19.4. The van der Waals surface area contributed by atoms with Gasteiger partial charge in [-0.25, -0.2) is 12.8 Å². The second-order valence-electron chi connectivity index (χ2n) is 9.01. The van der Waals surface area contributed by atoms with E-state index in [0.29, 0.717) is 5.56 Å². The number of nitriles is 1. The molecule has 10 nitrogen and oxygen atoms in total. The van der Waals surface area contributed by atoms with Gasteiger partial charge < -0.3 is 9.80 Å². The molecule has 1 unspecified atom stereocenters. The number of sulfonamides is 1. The quantitative estimate of drug-likeness (QED) is 0.578. The second kappa shape index (κ2) is 9.41. The first-order valence-corrected chi connectivity index (χ1v) is 13.3. The van der Waals surface area contributed by atoms with Crippen molar-refractivity contribution in [1.82, 2.24) is 14.5 Å². The molecule has 0 aliphatic carbocycles. The minimum atomic E-state index is -3.87. The molecule has 2 aromatic carbocycles. The number of piperazine rings is 1. The summed E-state index contributed by atoms with van der Waals surface area (Å²) < 4.78 is 42.5. The summed E-state index contributed by atoms with van der Waals surface area (Å²) in [5, 5.41) is 11.3. The number of amides is 3. The molecule has 2 saturated heterocycles. The van der Waals surface area contributed by atoms with Crippen LogP contribution in [0.3, 0.4) is 0 Å². The van der Waals surface area contributed by atoms with Crippen molar-refractivity contribution >= 4 is 45.0 Å². The van der Waals surface area contributed by atoms with E-state index in [1.165, 1.54) is 27.4 Å². The number of rotatable bonds is 4. The van der Waals surface area contributed by atoms with Gasteiger partial charge in [0.05, 0.1) is 21.2 Å². The summed E-state index contributed by atoms with van der Waals surface area (Å²) in [5.74, 6) is -2.01. The lowest BCUT2D eigenvalue weighted by molar-refractivity contribution is -0.136. The highest BCUT2D eigenvalue weighted by Crippen LogP contribution is 2.33.